The molecule has 3 aromatic rings. The molecule has 0 saturated heterocycles. The van der Waals surface area contributed by atoms with Gasteiger partial charge in [0.25, 0.3) is 0 Å². The number of rotatable bonds is 6. The van der Waals surface area contributed by atoms with Crippen LogP contribution in [0.2, 0.25) is 0 Å². The summed E-state index contributed by atoms with van der Waals surface area (Å²) in [6.07, 6.45) is 2.89. The predicted molar refractivity (Wildman–Crippen MR) is 123 cm³/mol. The molecule has 0 bridgehead atoms. The molecule has 1 aromatic heterocycles. The Morgan fingerprint density at radius 1 is 1.09 bits per heavy atom. The fraction of sp³-hybridized carbons (Fsp3) is 0.192. The second kappa shape index (κ2) is 8.90. The Morgan fingerprint density at radius 2 is 1.79 bits per heavy atom. The summed E-state index contributed by atoms with van der Waals surface area (Å²) in [7, 11) is 1.48. The topological polar surface area (TPSA) is 123 Å². The van der Waals surface area contributed by atoms with E-state index in [1.54, 1.807) is 24.3 Å². The first-order valence-corrected chi connectivity index (χ1v) is 10.5. The molecule has 0 amide bonds. The number of phenolic OH excluding ortho intramolecular Hbond substituents is 2. The first kappa shape index (κ1) is 22.8. The number of carbonyl (C=O) groups is 3. The van der Waals surface area contributed by atoms with Crippen LogP contribution in [-0.2, 0) is 4.74 Å². The maximum absolute atomic E-state index is 13.0. The summed E-state index contributed by atoms with van der Waals surface area (Å²) in [6.45, 7) is 3.70. The van der Waals surface area contributed by atoms with Crippen LogP contribution >= 0.6 is 0 Å². The Bertz CT molecular complexity index is 1390. The maximum atomic E-state index is 13.0. The van der Waals surface area contributed by atoms with Crippen molar-refractivity contribution in [3.8, 4) is 17.2 Å². The number of hydrogen-bond donors (Lipinski definition) is 2. The Kier molecular flexibility index (Phi) is 5.98. The Labute approximate surface area is 194 Å². The lowest BCUT2D eigenvalue weighted by molar-refractivity contribution is 0.0264. The molecular weight excluding hydrogens is 440 g/mol. The molecule has 34 heavy (non-hydrogen) atoms. The van der Waals surface area contributed by atoms with Crippen LogP contribution in [-0.4, -0.2) is 34.9 Å². The van der Waals surface area contributed by atoms with E-state index >= 15 is 0 Å². The Balaban J connectivity index is 1.75. The van der Waals surface area contributed by atoms with Crippen LogP contribution in [0.4, 0.5) is 0 Å². The third kappa shape index (κ3) is 4.05. The SMILES string of the molecule is COc1cccc2cc(C(=O)O[C@H](CC=C(C)C)c3cc(O)c4c(c3O)C(=O)C=CC4=O)oc12. The van der Waals surface area contributed by atoms with Gasteiger partial charge in [-0.25, -0.2) is 4.79 Å². The van der Waals surface area contributed by atoms with Crippen LogP contribution < -0.4 is 4.74 Å². The number of allylic oxidation sites excluding steroid dienone is 3. The van der Waals surface area contributed by atoms with Crippen molar-refractivity contribution in [1.29, 1.82) is 0 Å². The van der Waals surface area contributed by atoms with Gasteiger partial charge in [0.2, 0.25) is 5.76 Å². The summed E-state index contributed by atoms with van der Waals surface area (Å²) in [4.78, 5) is 37.6. The van der Waals surface area contributed by atoms with E-state index in [0.717, 1.165) is 23.8 Å². The number of benzene rings is 2. The molecule has 1 heterocycles. The molecule has 174 valence electrons. The van der Waals surface area contributed by atoms with Crippen LogP contribution in [0, 0.1) is 0 Å². The molecule has 8 nitrogen and oxygen atoms in total. The molecule has 0 saturated carbocycles. The summed E-state index contributed by atoms with van der Waals surface area (Å²) in [6, 6.07) is 7.85. The lowest BCUT2D eigenvalue weighted by Gasteiger charge is -2.21. The van der Waals surface area contributed by atoms with Gasteiger partial charge in [0.05, 0.1) is 18.2 Å². The minimum atomic E-state index is -1.08. The van der Waals surface area contributed by atoms with Gasteiger partial charge in [0.15, 0.2) is 22.9 Å². The molecule has 0 fully saturated rings. The highest BCUT2D eigenvalue weighted by molar-refractivity contribution is 6.24. The molecule has 2 aromatic carbocycles. The molecule has 8 heteroatoms. The first-order valence-electron chi connectivity index (χ1n) is 10.5. The number of aromatic hydroxyl groups is 2. The molecule has 0 aliphatic heterocycles. The Morgan fingerprint density at radius 3 is 2.47 bits per heavy atom. The van der Waals surface area contributed by atoms with Gasteiger partial charge in [0, 0.05) is 17.4 Å². The predicted octanol–water partition coefficient (Wildman–Crippen LogP) is 5.04. The lowest BCUT2D eigenvalue weighted by atomic mass is 9.89. The smallest absolute Gasteiger partial charge is 0.374 e. The van der Waals surface area contributed by atoms with Gasteiger partial charge in [0.1, 0.15) is 17.6 Å². The molecule has 1 atom stereocenters. The second-order valence-electron chi connectivity index (χ2n) is 8.05. The highest BCUT2D eigenvalue weighted by atomic mass is 16.6. The van der Waals surface area contributed by atoms with Gasteiger partial charge in [-0.05, 0) is 44.2 Å². The number of ketones is 2. The van der Waals surface area contributed by atoms with Crippen LogP contribution in [0.25, 0.3) is 11.0 Å². The molecule has 1 aliphatic carbocycles. The van der Waals surface area contributed by atoms with Crippen molar-refractivity contribution in [2.75, 3.05) is 7.11 Å². The fourth-order valence-corrected chi connectivity index (χ4v) is 3.80. The third-order valence-corrected chi connectivity index (χ3v) is 5.45. The van der Waals surface area contributed by atoms with Crippen molar-refractivity contribution in [1.82, 2.24) is 0 Å². The lowest BCUT2D eigenvalue weighted by Crippen LogP contribution is -2.16. The zero-order valence-corrected chi connectivity index (χ0v) is 18.7. The molecule has 0 radical (unpaired) electrons. The Hall–Kier alpha value is -4.33. The standard InChI is InChI=1S/C26H22O8/c1-13(2)7-10-19(15-12-18(29)22-16(27)8-9-17(28)23(22)24(15)30)34-26(31)21-11-14-5-4-6-20(32-3)25(14)33-21/h4-9,11-12,19,29-30H,10H2,1-3H3/t19-/m1/s1. The molecule has 4 rings (SSSR count). The number of methoxy groups -OCH3 is 1. The van der Waals surface area contributed by atoms with Gasteiger partial charge in [-0.3, -0.25) is 9.59 Å². The third-order valence-electron chi connectivity index (χ3n) is 5.45. The van der Waals surface area contributed by atoms with Crippen LogP contribution in [0.1, 0.15) is 63.2 Å². The average Bonchev–Trinajstić information content (AvgIpc) is 3.25. The monoisotopic (exact) mass is 462 g/mol. The van der Waals surface area contributed by atoms with E-state index in [2.05, 4.69) is 0 Å². The van der Waals surface area contributed by atoms with E-state index in [1.165, 1.54) is 13.2 Å². The number of phenols is 2. The van der Waals surface area contributed by atoms with Gasteiger partial charge in [-0.1, -0.05) is 23.8 Å². The van der Waals surface area contributed by atoms with Crippen molar-refractivity contribution >= 4 is 28.5 Å². The van der Waals surface area contributed by atoms with Crippen LogP contribution in [0.5, 0.6) is 17.2 Å². The highest BCUT2D eigenvalue weighted by Crippen LogP contribution is 2.41. The van der Waals surface area contributed by atoms with Crippen LogP contribution in [0.3, 0.4) is 0 Å². The highest BCUT2D eigenvalue weighted by Gasteiger charge is 2.32. The summed E-state index contributed by atoms with van der Waals surface area (Å²) in [5.41, 5.74) is 0.681. The van der Waals surface area contributed by atoms with Gasteiger partial charge in [-0.2, -0.15) is 0 Å². The summed E-state index contributed by atoms with van der Waals surface area (Å²) in [5.74, 6) is -2.71. The first-order chi connectivity index (χ1) is 16.2. The average molecular weight is 462 g/mol. The molecule has 1 aliphatic rings. The van der Waals surface area contributed by atoms with Gasteiger partial charge in [-0.15, -0.1) is 0 Å². The molecular formula is C26H22O8. The minimum absolute atomic E-state index is 0.00718. The van der Waals surface area contributed by atoms with Crippen molar-refractivity contribution in [2.45, 2.75) is 26.4 Å². The quantitative estimate of drug-likeness (QED) is 0.297. The molecule has 0 unspecified atom stereocenters. The molecule has 0 spiro atoms. The minimum Gasteiger partial charge on any atom is -0.507 e. The second-order valence-corrected chi connectivity index (χ2v) is 8.05. The summed E-state index contributed by atoms with van der Waals surface area (Å²) >= 11 is 0. The zero-order chi connectivity index (χ0) is 24.6. The largest absolute Gasteiger partial charge is 0.507 e. The normalized spacial score (nSPS) is 13.5. The van der Waals surface area contributed by atoms with E-state index in [0.29, 0.717) is 16.7 Å². The number of fused-ring (bicyclic) bond motifs is 2. The zero-order valence-electron chi connectivity index (χ0n) is 18.7. The van der Waals surface area contributed by atoms with Gasteiger partial charge >= 0.3 is 5.97 Å². The van der Waals surface area contributed by atoms with Gasteiger partial charge < -0.3 is 24.1 Å². The van der Waals surface area contributed by atoms with Crippen molar-refractivity contribution in [3.05, 3.63) is 76.6 Å². The van der Waals surface area contributed by atoms with Crippen molar-refractivity contribution < 1.29 is 38.5 Å². The number of carbonyl (C=O) groups excluding carboxylic acids is 3. The number of ether oxygens (including phenoxy) is 2. The van der Waals surface area contributed by atoms with E-state index in [1.807, 2.05) is 13.8 Å². The number of furan rings is 1. The van der Waals surface area contributed by atoms with E-state index in [9.17, 15) is 24.6 Å². The summed E-state index contributed by atoms with van der Waals surface area (Å²) < 4.78 is 16.6. The maximum Gasteiger partial charge on any atom is 0.374 e. The molecule has 2 N–H and O–H groups in total. The fourth-order valence-electron chi connectivity index (χ4n) is 3.80. The van der Waals surface area contributed by atoms with E-state index in [-0.39, 0.29) is 28.9 Å². The number of hydrogen-bond acceptors (Lipinski definition) is 8. The van der Waals surface area contributed by atoms with Crippen LogP contribution in [0.15, 0.2) is 58.6 Å². The number of esters is 1. The van der Waals surface area contributed by atoms with Crippen molar-refractivity contribution in [3.63, 3.8) is 0 Å². The van der Waals surface area contributed by atoms with E-state index < -0.39 is 35.1 Å². The van der Waals surface area contributed by atoms with E-state index in [4.69, 9.17) is 13.9 Å². The summed E-state index contributed by atoms with van der Waals surface area (Å²) in [5, 5.41) is 22.0. The van der Waals surface area contributed by atoms with Crippen molar-refractivity contribution in [2.24, 2.45) is 0 Å². The number of para-hydroxylation sites is 1.